The lowest BCUT2D eigenvalue weighted by Gasteiger charge is -2.33. The van der Waals surface area contributed by atoms with Crippen molar-refractivity contribution in [1.82, 2.24) is 4.90 Å². The quantitative estimate of drug-likeness (QED) is 0.791. The maximum Gasteiger partial charge on any atom is 0.228 e. The second-order valence-corrected chi connectivity index (χ2v) is 7.09. The second kappa shape index (κ2) is 5.15. The van der Waals surface area contributed by atoms with E-state index in [1.54, 1.807) is 6.07 Å². The lowest BCUT2D eigenvalue weighted by atomic mass is 9.87. The smallest absolute Gasteiger partial charge is 0.228 e. The van der Waals surface area contributed by atoms with E-state index in [-0.39, 0.29) is 17.9 Å². The van der Waals surface area contributed by atoms with Crippen molar-refractivity contribution in [2.75, 3.05) is 6.54 Å². The molecule has 5 heteroatoms. The molecule has 4 rings (SSSR count). The number of carbonyl (C=O) groups is 1. The van der Waals surface area contributed by atoms with Gasteiger partial charge in [-0.2, -0.15) is 0 Å². The molecule has 112 valence electrons. The summed E-state index contributed by atoms with van der Waals surface area (Å²) < 4.78 is 5.81. The molecule has 3 aliphatic heterocycles. The molecule has 0 saturated carbocycles. The second-order valence-electron chi connectivity index (χ2n) is 6.25. The molecule has 3 heterocycles. The van der Waals surface area contributed by atoms with E-state index in [0.717, 1.165) is 43.4 Å². The first-order valence-electron chi connectivity index (χ1n) is 7.53. The highest BCUT2D eigenvalue weighted by atomic mass is 35.5. The van der Waals surface area contributed by atoms with Crippen LogP contribution in [0.3, 0.4) is 0 Å². The largest absolute Gasteiger partial charge is 0.374 e. The number of rotatable bonds is 1. The molecular weight excluding hydrogens is 309 g/mol. The van der Waals surface area contributed by atoms with E-state index in [2.05, 4.69) is 0 Å². The Morgan fingerprint density at radius 1 is 1.29 bits per heavy atom. The summed E-state index contributed by atoms with van der Waals surface area (Å²) in [7, 11) is 0. The standard InChI is InChI=1S/C16H17Cl2NO2/c17-10-5-9-8-19(4-3-12(9)14(18)6-10)16(20)13-7-11-1-2-15(13)21-11/h5-6,11,13,15H,1-4,7-8H2/t11-,13+,15-/m1/s1. The van der Waals surface area contributed by atoms with Crippen molar-refractivity contribution in [3.8, 4) is 0 Å². The van der Waals surface area contributed by atoms with E-state index in [4.69, 9.17) is 27.9 Å². The van der Waals surface area contributed by atoms with Gasteiger partial charge < -0.3 is 9.64 Å². The molecule has 3 atom stereocenters. The minimum atomic E-state index is 0.0555. The van der Waals surface area contributed by atoms with Gasteiger partial charge in [0.05, 0.1) is 18.1 Å². The van der Waals surface area contributed by atoms with Crippen LogP contribution >= 0.6 is 23.2 Å². The fraction of sp³-hybridized carbons (Fsp3) is 0.562. The number of ether oxygens (including phenoxy) is 1. The molecule has 1 amide bonds. The summed E-state index contributed by atoms with van der Waals surface area (Å²) in [5.41, 5.74) is 2.21. The summed E-state index contributed by atoms with van der Waals surface area (Å²) in [5, 5.41) is 1.35. The van der Waals surface area contributed by atoms with Crippen LogP contribution in [0.5, 0.6) is 0 Å². The van der Waals surface area contributed by atoms with Gasteiger partial charge >= 0.3 is 0 Å². The van der Waals surface area contributed by atoms with Gasteiger partial charge in [-0.1, -0.05) is 23.2 Å². The van der Waals surface area contributed by atoms with Gasteiger partial charge in [-0.15, -0.1) is 0 Å². The molecule has 0 spiro atoms. The summed E-state index contributed by atoms with van der Waals surface area (Å²) >= 11 is 12.3. The zero-order valence-corrected chi connectivity index (χ0v) is 13.2. The van der Waals surface area contributed by atoms with Crippen molar-refractivity contribution in [2.24, 2.45) is 5.92 Å². The van der Waals surface area contributed by atoms with E-state index in [1.165, 1.54) is 0 Å². The summed E-state index contributed by atoms with van der Waals surface area (Å²) in [4.78, 5) is 14.7. The van der Waals surface area contributed by atoms with Gasteiger partial charge in [0.2, 0.25) is 5.91 Å². The fourth-order valence-corrected chi connectivity index (χ4v) is 4.56. The van der Waals surface area contributed by atoms with Gasteiger partial charge in [0.25, 0.3) is 0 Å². The highest BCUT2D eigenvalue weighted by molar-refractivity contribution is 6.35. The van der Waals surface area contributed by atoms with Crippen molar-refractivity contribution < 1.29 is 9.53 Å². The van der Waals surface area contributed by atoms with Crippen LogP contribution in [0.4, 0.5) is 0 Å². The van der Waals surface area contributed by atoms with Crippen molar-refractivity contribution in [3.05, 3.63) is 33.3 Å². The Morgan fingerprint density at radius 3 is 2.86 bits per heavy atom. The van der Waals surface area contributed by atoms with E-state index in [9.17, 15) is 4.79 Å². The summed E-state index contributed by atoms with van der Waals surface area (Å²) in [5.74, 6) is 0.295. The van der Waals surface area contributed by atoms with E-state index in [1.807, 2.05) is 11.0 Å². The summed E-state index contributed by atoms with van der Waals surface area (Å²) in [6, 6.07) is 3.71. The molecule has 0 N–H and O–H groups in total. The molecule has 0 unspecified atom stereocenters. The van der Waals surface area contributed by atoms with Crippen LogP contribution in [0.15, 0.2) is 12.1 Å². The number of fused-ring (bicyclic) bond motifs is 3. The highest BCUT2D eigenvalue weighted by Crippen LogP contribution is 2.40. The molecule has 0 radical (unpaired) electrons. The normalized spacial score (nSPS) is 30.6. The topological polar surface area (TPSA) is 29.5 Å². The monoisotopic (exact) mass is 325 g/mol. The first-order chi connectivity index (χ1) is 10.1. The Kier molecular flexibility index (Phi) is 3.40. The van der Waals surface area contributed by atoms with Gasteiger partial charge in [-0.3, -0.25) is 4.79 Å². The number of hydrogen-bond acceptors (Lipinski definition) is 2. The molecule has 21 heavy (non-hydrogen) atoms. The lowest BCUT2D eigenvalue weighted by molar-refractivity contribution is -0.138. The summed E-state index contributed by atoms with van der Waals surface area (Å²) in [6.45, 7) is 1.35. The number of carbonyl (C=O) groups excluding carboxylic acids is 1. The van der Waals surface area contributed by atoms with Gasteiger partial charge in [0, 0.05) is 23.1 Å². The van der Waals surface area contributed by atoms with Gasteiger partial charge in [0.15, 0.2) is 0 Å². The Hall–Kier alpha value is -0.770. The van der Waals surface area contributed by atoms with Crippen LogP contribution in [0.2, 0.25) is 10.0 Å². The Labute approximate surface area is 134 Å². The molecule has 1 aromatic rings. The SMILES string of the molecule is O=C([C@H]1C[C@H]2CC[C@H]1O2)N1CCc2c(Cl)cc(Cl)cc2C1. The zero-order valence-electron chi connectivity index (χ0n) is 11.6. The first-order valence-corrected chi connectivity index (χ1v) is 8.28. The van der Waals surface area contributed by atoms with Crippen LogP contribution in [-0.4, -0.2) is 29.6 Å². The Morgan fingerprint density at radius 2 is 2.14 bits per heavy atom. The summed E-state index contributed by atoms with van der Waals surface area (Å²) in [6.07, 6.45) is 4.30. The van der Waals surface area contributed by atoms with Crippen LogP contribution in [0, 0.1) is 5.92 Å². The fourth-order valence-electron chi connectivity index (χ4n) is 3.93. The van der Waals surface area contributed by atoms with Crippen molar-refractivity contribution >= 4 is 29.1 Å². The van der Waals surface area contributed by atoms with Crippen molar-refractivity contribution in [1.29, 1.82) is 0 Å². The molecule has 3 nitrogen and oxygen atoms in total. The van der Waals surface area contributed by atoms with Gasteiger partial charge in [-0.25, -0.2) is 0 Å². The zero-order chi connectivity index (χ0) is 14.6. The number of hydrogen-bond donors (Lipinski definition) is 0. The maximum absolute atomic E-state index is 12.7. The average Bonchev–Trinajstić information content (AvgIpc) is 3.08. The molecule has 2 fully saturated rings. The first kappa shape index (κ1) is 13.9. The van der Waals surface area contributed by atoms with Crippen LogP contribution in [0.1, 0.15) is 30.4 Å². The molecule has 2 bridgehead atoms. The van der Waals surface area contributed by atoms with Crippen LogP contribution in [-0.2, 0) is 22.5 Å². The molecule has 1 aromatic carbocycles. The minimum Gasteiger partial charge on any atom is -0.374 e. The van der Waals surface area contributed by atoms with Crippen LogP contribution in [0.25, 0.3) is 0 Å². The third kappa shape index (κ3) is 2.36. The number of halogens is 2. The number of nitrogens with zero attached hydrogens (tertiary/aromatic N) is 1. The van der Waals surface area contributed by atoms with E-state index in [0.29, 0.717) is 22.7 Å². The van der Waals surface area contributed by atoms with Crippen molar-refractivity contribution in [2.45, 2.75) is 44.4 Å². The van der Waals surface area contributed by atoms with Crippen LogP contribution < -0.4 is 0 Å². The molecule has 2 saturated heterocycles. The minimum absolute atomic E-state index is 0.0555. The van der Waals surface area contributed by atoms with E-state index >= 15 is 0 Å². The molecule has 3 aliphatic rings. The molecule has 0 aromatic heterocycles. The number of benzene rings is 1. The third-order valence-electron chi connectivity index (χ3n) is 4.98. The number of amides is 1. The van der Waals surface area contributed by atoms with Gasteiger partial charge in [0.1, 0.15) is 0 Å². The third-order valence-corrected chi connectivity index (χ3v) is 5.54. The van der Waals surface area contributed by atoms with Crippen molar-refractivity contribution in [3.63, 3.8) is 0 Å². The lowest BCUT2D eigenvalue weighted by Crippen LogP contribution is -2.42. The maximum atomic E-state index is 12.7. The molecular formula is C16H17Cl2NO2. The highest BCUT2D eigenvalue weighted by Gasteiger charge is 2.46. The Balaban J connectivity index is 1.54. The average molecular weight is 326 g/mol. The Bertz CT molecular complexity index is 604. The van der Waals surface area contributed by atoms with E-state index < -0.39 is 0 Å². The predicted molar refractivity (Wildman–Crippen MR) is 81.6 cm³/mol. The van der Waals surface area contributed by atoms with Gasteiger partial charge in [-0.05, 0) is 48.9 Å². The molecule has 0 aliphatic carbocycles. The predicted octanol–water partition coefficient (Wildman–Crippen LogP) is 3.45.